The molecule has 108 valence electrons. The molecule has 0 amide bonds. The van der Waals surface area contributed by atoms with Crippen LogP contribution in [0.4, 0.5) is 5.69 Å². The van der Waals surface area contributed by atoms with Gasteiger partial charge < -0.3 is 5.21 Å². The van der Waals surface area contributed by atoms with Crippen molar-refractivity contribution in [3.8, 4) is 0 Å². The Bertz CT molecular complexity index is 598. The van der Waals surface area contributed by atoms with Crippen LogP contribution in [0.15, 0.2) is 60.7 Å². The van der Waals surface area contributed by atoms with E-state index in [1.807, 2.05) is 48.5 Å². The molecule has 2 aromatic rings. The zero-order valence-corrected chi connectivity index (χ0v) is 12.2. The lowest BCUT2D eigenvalue weighted by molar-refractivity contribution is -0.363. The first-order valence-corrected chi connectivity index (χ1v) is 7.81. The molecule has 21 heavy (non-hydrogen) atoms. The summed E-state index contributed by atoms with van der Waals surface area (Å²) in [6.07, 6.45) is 5.99. The van der Waals surface area contributed by atoms with Crippen molar-refractivity contribution in [2.45, 2.75) is 32.1 Å². The third kappa shape index (κ3) is 3.15. The van der Waals surface area contributed by atoms with Gasteiger partial charge in [-0.3, -0.25) is 0 Å². The van der Waals surface area contributed by atoms with Crippen LogP contribution in [0.5, 0.6) is 0 Å². The maximum atomic E-state index is 12.9. The van der Waals surface area contributed by atoms with Gasteiger partial charge in [-0.15, -0.1) is 0 Å². The summed E-state index contributed by atoms with van der Waals surface area (Å²) in [5, 5.41) is 12.9. The SMILES string of the molecule is [O-][N+](=C(c1ccccc1)C1CCCCC1)c1ccccc1. The maximum Gasteiger partial charge on any atom is 0.216 e. The normalized spacial score (nSPS) is 17.3. The van der Waals surface area contributed by atoms with E-state index in [1.54, 1.807) is 0 Å². The van der Waals surface area contributed by atoms with Crippen molar-refractivity contribution in [1.29, 1.82) is 0 Å². The van der Waals surface area contributed by atoms with Crippen molar-refractivity contribution in [1.82, 2.24) is 0 Å². The average Bonchev–Trinajstić information content (AvgIpc) is 2.58. The Hall–Kier alpha value is -2.09. The van der Waals surface area contributed by atoms with Crippen molar-refractivity contribution in [2.75, 3.05) is 0 Å². The summed E-state index contributed by atoms with van der Waals surface area (Å²) in [7, 11) is 0. The van der Waals surface area contributed by atoms with E-state index in [-0.39, 0.29) is 0 Å². The monoisotopic (exact) mass is 279 g/mol. The van der Waals surface area contributed by atoms with E-state index in [0.29, 0.717) is 5.92 Å². The Labute approximate surface area is 126 Å². The number of hydrogen-bond donors (Lipinski definition) is 0. The zero-order valence-electron chi connectivity index (χ0n) is 12.2. The van der Waals surface area contributed by atoms with Gasteiger partial charge in [0.25, 0.3) is 0 Å². The Morgan fingerprint density at radius 1 is 0.810 bits per heavy atom. The van der Waals surface area contributed by atoms with Gasteiger partial charge >= 0.3 is 0 Å². The molecule has 0 unspecified atom stereocenters. The molecule has 0 saturated heterocycles. The Kier molecular flexibility index (Phi) is 4.34. The highest BCUT2D eigenvalue weighted by atomic mass is 16.5. The summed E-state index contributed by atoms with van der Waals surface area (Å²) in [6.45, 7) is 0. The molecule has 0 bridgehead atoms. The Morgan fingerprint density at radius 2 is 1.38 bits per heavy atom. The van der Waals surface area contributed by atoms with Crippen LogP contribution >= 0.6 is 0 Å². The van der Waals surface area contributed by atoms with Crippen molar-refractivity contribution < 1.29 is 4.74 Å². The molecule has 2 nitrogen and oxygen atoms in total. The maximum absolute atomic E-state index is 12.9. The lowest BCUT2D eigenvalue weighted by atomic mass is 9.83. The first-order valence-electron chi connectivity index (χ1n) is 7.81. The lowest BCUT2D eigenvalue weighted by Gasteiger charge is -2.23. The summed E-state index contributed by atoms with van der Waals surface area (Å²) in [4.78, 5) is 0. The van der Waals surface area contributed by atoms with E-state index in [0.717, 1.165) is 34.5 Å². The minimum absolute atomic E-state index is 0.374. The van der Waals surface area contributed by atoms with E-state index in [1.165, 1.54) is 19.3 Å². The molecule has 0 aromatic heterocycles. The number of para-hydroxylation sites is 1. The Morgan fingerprint density at radius 3 is 2.00 bits per heavy atom. The van der Waals surface area contributed by atoms with E-state index >= 15 is 0 Å². The lowest BCUT2D eigenvalue weighted by Crippen LogP contribution is -2.25. The first kappa shape index (κ1) is 13.9. The van der Waals surface area contributed by atoms with Crippen LogP contribution in [0.1, 0.15) is 37.7 Å². The summed E-state index contributed by atoms with van der Waals surface area (Å²) in [5.41, 5.74) is 2.71. The van der Waals surface area contributed by atoms with Crippen LogP contribution in [0.25, 0.3) is 0 Å². The summed E-state index contributed by atoms with van der Waals surface area (Å²) >= 11 is 0. The second-order valence-corrected chi connectivity index (χ2v) is 5.72. The summed E-state index contributed by atoms with van der Waals surface area (Å²) < 4.78 is 1.14. The van der Waals surface area contributed by atoms with Crippen molar-refractivity contribution in [2.24, 2.45) is 5.92 Å². The average molecular weight is 279 g/mol. The molecular formula is C19H21NO. The van der Waals surface area contributed by atoms with Crippen molar-refractivity contribution in [3.05, 3.63) is 71.4 Å². The molecule has 0 spiro atoms. The third-order valence-corrected chi connectivity index (χ3v) is 4.27. The van der Waals surface area contributed by atoms with Gasteiger partial charge in [0.15, 0.2) is 0 Å². The molecule has 2 aromatic carbocycles. The molecule has 3 rings (SSSR count). The quantitative estimate of drug-likeness (QED) is 0.340. The number of benzene rings is 2. The summed E-state index contributed by atoms with van der Waals surface area (Å²) in [5.74, 6) is 0.374. The molecule has 1 fully saturated rings. The fourth-order valence-corrected chi connectivity index (χ4v) is 3.21. The fourth-order valence-electron chi connectivity index (χ4n) is 3.21. The van der Waals surface area contributed by atoms with Crippen molar-refractivity contribution >= 4 is 11.4 Å². The third-order valence-electron chi connectivity index (χ3n) is 4.27. The summed E-state index contributed by atoms with van der Waals surface area (Å²) in [6, 6.07) is 19.7. The van der Waals surface area contributed by atoms with E-state index < -0.39 is 0 Å². The number of hydrogen-bond acceptors (Lipinski definition) is 1. The van der Waals surface area contributed by atoms with Gasteiger partial charge in [0.1, 0.15) is 0 Å². The molecule has 1 aliphatic carbocycles. The molecule has 0 atom stereocenters. The zero-order chi connectivity index (χ0) is 14.5. The second-order valence-electron chi connectivity index (χ2n) is 5.72. The molecule has 1 aliphatic rings. The van der Waals surface area contributed by atoms with Crippen LogP contribution in [-0.4, -0.2) is 10.5 Å². The van der Waals surface area contributed by atoms with Crippen LogP contribution in [0.3, 0.4) is 0 Å². The molecule has 0 radical (unpaired) electrons. The smallest absolute Gasteiger partial charge is 0.216 e. The predicted molar refractivity (Wildman–Crippen MR) is 86.9 cm³/mol. The molecular weight excluding hydrogens is 258 g/mol. The highest BCUT2D eigenvalue weighted by Crippen LogP contribution is 2.29. The van der Waals surface area contributed by atoms with Crippen LogP contribution in [0, 0.1) is 11.1 Å². The molecule has 0 aliphatic heterocycles. The second kappa shape index (κ2) is 6.57. The number of nitrogens with zero attached hydrogens (tertiary/aromatic N) is 1. The highest BCUT2D eigenvalue weighted by Gasteiger charge is 2.27. The molecule has 0 heterocycles. The van der Waals surface area contributed by atoms with Crippen LogP contribution < -0.4 is 0 Å². The van der Waals surface area contributed by atoms with Crippen LogP contribution in [0.2, 0.25) is 0 Å². The van der Waals surface area contributed by atoms with Gasteiger partial charge in [0.2, 0.25) is 11.4 Å². The minimum Gasteiger partial charge on any atom is -0.618 e. The van der Waals surface area contributed by atoms with E-state index in [9.17, 15) is 5.21 Å². The molecule has 2 heteroatoms. The van der Waals surface area contributed by atoms with Gasteiger partial charge in [-0.2, -0.15) is 4.74 Å². The van der Waals surface area contributed by atoms with Gasteiger partial charge in [0, 0.05) is 23.6 Å². The van der Waals surface area contributed by atoms with Gasteiger partial charge in [-0.05, 0) is 25.0 Å². The van der Waals surface area contributed by atoms with Gasteiger partial charge in [-0.1, -0.05) is 55.7 Å². The number of rotatable bonds is 3. The van der Waals surface area contributed by atoms with Crippen molar-refractivity contribution in [3.63, 3.8) is 0 Å². The molecule has 1 saturated carbocycles. The molecule has 0 N–H and O–H groups in total. The van der Waals surface area contributed by atoms with Gasteiger partial charge in [0.05, 0.1) is 0 Å². The topological polar surface area (TPSA) is 26.1 Å². The van der Waals surface area contributed by atoms with Crippen LogP contribution in [-0.2, 0) is 0 Å². The predicted octanol–water partition coefficient (Wildman–Crippen LogP) is 4.90. The largest absolute Gasteiger partial charge is 0.618 e. The highest BCUT2D eigenvalue weighted by molar-refractivity contribution is 5.99. The minimum atomic E-state index is 0.374. The van der Waals surface area contributed by atoms with E-state index in [4.69, 9.17) is 0 Å². The van der Waals surface area contributed by atoms with E-state index in [2.05, 4.69) is 12.1 Å². The Balaban J connectivity index is 2.07. The first-order chi connectivity index (χ1) is 10.4. The standard InChI is InChI=1S/C19H21NO/c21-20(18-14-8-3-9-15-18)19(16-10-4-1-5-11-16)17-12-6-2-7-13-17/h1,3-5,8-11,14-15,17H,2,6-7,12-13H2. The van der Waals surface area contributed by atoms with Gasteiger partial charge in [-0.25, -0.2) is 0 Å². The fraction of sp³-hybridized carbons (Fsp3) is 0.316.